The van der Waals surface area contributed by atoms with E-state index in [1.807, 2.05) is 6.07 Å². The van der Waals surface area contributed by atoms with Gasteiger partial charge in [0.1, 0.15) is 0 Å². The van der Waals surface area contributed by atoms with Gasteiger partial charge in [-0.1, -0.05) is 0 Å². The molecule has 0 amide bonds. The van der Waals surface area contributed by atoms with E-state index in [0.29, 0.717) is 24.2 Å². The highest BCUT2D eigenvalue weighted by Gasteiger charge is 2.12. The Morgan fingerprint density at radius 3 is 3.07 bits per heavy atom. The number of aromatic amines is 1. The van der Waals surface area contributed by atoms with E-state index in [0.717, 1.165) is 5.56 Å². The van der Waals surface area contributed by atoms with Gasteiger partial charge in [0.2, 0.25) is 0 Å². The van der Waals surface area contributed by atoms with Crippen LogP contribution in [0.25, 0.3) is 11.3 Å². The van der Waals surface area contributed by atoms with Crippen molar-refractivity contribution in [3.63, 3.8) is 0 Å². The summed E-state index contributed by atoms with van der Waals surface area (Å²) < 4.78 is 4.74. The third-order valence-electron chi connectivity index (χ3n) is 2.14. The number of hydrogen-bond donors (Lipinski definition) is 2. The molecule has 0 fully saturated rings. The third-order valence-corrected chi connectivity index (χ3v) is 2.14. The molecule has 0 aromatic carbocycles. The van der Waals surface area contributed by atoms with Crippen LogP contribution in [0.3, 0.4) is 0 Å². The van der Waals surface area contributed by atoms with Crippen molar-refractivity contribution in [3.8, 4) is 11.3 Å². The Hall–Kier alpha value is -1.88. The summed E-state index contributed by atoms with van der Waals surface area (Å²) in [4.78, 5) is 15.3. The van der Waals surface area contributed by atoms with Crippen LogP contribution in [0.2, 0.25) is 0 Å². The van der Waals surface area contributed by atoms with E-state index in [1.54, 1.807) is 18.5 Å². The molecule has 2 aromatic rings. The Morgan fingerprint density at radius 1 is 1.53 bits per heavy atom. The lowest BCUT2D eigenvalue weighted by molar-refractivity contribution is 0.392. The Balaban J connectivity index is 2.49. The van der Waals surface area contributed by atoms with E-state index in [-0.39, 0.29) is 5.63 Å². The van der Waals surface area contributed by atoms with E-state index in [1.165, 1.54) is 0 Å². The maximum atomic E-state index is 11.3. The fraction of sp³-hybridized carbons (Fsp3) is 0.200. The van der Waals surface area contributed by atoms with Crippen molar-refractivity contribution >= 4 is 0 Å². The topological polar surface area (TPSA) is 84.9 Å². The highest BCUT2D eigenvalue weighted by molar-refractivity contribution is 5.60. The van der Waals surface area contributed by atoms with Crippen molar-refractivity contribution in [2.24, 2.45) is 5.73 Å². The minimum absolute atomic E-state index is 0.362. The summed E-state index contributed by atoms with van der Waals surface area (Å²) in [5.41, 5.74) is 7.13. The standard InChI is InChI=1S/C10H11N3O2/c11-4-3-8-9(13-15-10(8)14)7-2-1-5-12-6-7/h1-2,5-6,13H,3-4,11H2. The molecule has 3 N–H and O–H groups in total. The molecule has 15 heavy (non-hydrogen) atoms. The van der Waals surface area contributed by atoms with Gasteiger partial charge in [-0.15, -0.1) is 0 Å². The quantitative estimate of drug-likeness (QED) is 0.765. The Kier molecular flexibility index (Phi) is 2.64. The summed E-state index contributed by atoms with van der Waals surface area (Å²) in [6, 6.07) is 3.65. The zero-order chi connectivity index (χ0) is 10.7. The number of aromatic nitrogens is 2. The molecule has 0 aliphatic carbocycles. The van der Waals surface area contributed by atoms with Crippen LogP contribution in [0.15, 0.2) is 33.8 Å². The van der Waals surface area contributed by atoms with Crippen molar-refractivity contribution in [2.75, 3.05) is 6.54 Å². The molecule has 2 rings (SSSR count). The van der Waals surface area contributed by atoms with Crippen molar-refractivity contribution < 1.29 is 4.52 Å². The zero-order valence-corrected chi connectivity index (χ0v) is 8.06. The molecule has 2 aromatic heterocycles. The molecule has 0 radical (unpaired) electrons. The lowest BCUT2D eigenvalue weighted by Crippen LogP contribution is -2.10. The monoisotopic (exact) mass is 205 g/mol. The van der Waals surface area contributed by atoms with Gasteiger partial charge in [0.25, 0.3) is 0 Å². The summed E-state index contributed by atoms with van der Waals surface area (Å²) in [5, 5.41) is 2.59. The molecule has 0 bridgehead atoms. The maximum absolute atomic E-state index is 11.3. The molecule has 78 valence electrons. The van der Waals surface area contributed by atoms with Crippen molar-refractivity contribution in [1.82, 2.24) is 10.1 Å². The maximum Gasteiger partial charge on any atom is 0.361 e. The summed E-state index contributed by atoms with van der Waals surface area (Å²) in [6.45, 7) is 0.413. The highest BCUT2D eigenvalue weighted by Crippen LogP contribution is 2.17. The zero-order valence-electron chi connectivity index (χ0n) is 8.06. The summed E-state index contributed by atoms with van der Waals surface area (Å²) >= 11 is 0. The smallest absolute Gasteiger partial charge is 0.338 e. The van der Waals surface area contributed by atoms with Gasteiger partial charge in [0.05, 0.1) is 11.3 Å². The van der Waals surface area contributed by atoms with E-state index in [4.69, 9.17) is 10.3 Å². The minimum atomic E-state index is -0.362. The largest absolute Gasteiger partial charge is 0.361 e. The molecule has 5 heteroatoms. The van der Waals surface area contributed by atoms with Gasteiger partial charge in [0, 0.05) is 18.0 Å². The lowest BCUT2D eigenvalue weighted by atomic mass is 10.1. The van der Waals surface area contributed by atoms with Crippen LogP contribution in [-0.2, 0) is 6.42 Å². The van der Waals surface area contributed by atoms with Crippen LogP contribution in [0.4, 0.5) is 0 Å². The number of nitrogens with two attached hydrogens (primary N) is 1. The molecule has 5 nitrogen and oxygen atoms in total. The lowest BCUT2D eigenvalue weighted by Gasteiger charge is -1.98. The van der Waals surface area contributed by atoms with Crippen LogP contribution in [0, 0.1) is 0 Å². The number of nitrogens with one attached hydrogen (secondary N) is 1. The number of H-pyrrole nitrogens is 1. The van der Waals surface area contributed by atoms with Crippen LogP contribution >= 0.6 is 0 Å². The van der Waals surface area contributed by atoms with Crippen LogP contribution in [0.5, 0.6) is 0 Å². The minimum Gasteiger partial charge on any atom is -0.338 e. The number of hydrogen-bond acceptors (Lipinski definition) is 4. The molecule has 0 atom stereocenters. The summed E-state index contributed by atoms with van der Waals surface area (Å²) in [6.07, 6.45) is 3.83. The highest BCUT2D eigenvalue weighted by atomic mass is 16.5. The van der Waals surface area contributed by atoms with Crippen LogP contribution < -0.4 is 11.4 Å². The van der Waals surface area contributed by atoms with Gasteiger partial charge in [-0.05, 0) is 25.1 Å². The first-order valence-electron chi connectivity index (χ1n) is 4.63. The second-order valence-corrected chi connectivity index (χ2v) is 3.13. The third kappa shape index (κ3) is 1.82. The number of pyridine rings is 1. The molecule has 0 spiro atoms. The van der Waals surface area contributed by atoms with Crippen molar-refractivity contribution in [3.05, 3.63) is 40.5 Å². The molecule has 0 aliphatic heterocycles. The van der Waals surface area contributed by atoms with Gasteiger partial charge in [0.15, 0.2) is 0 Å². The van der Waals surface area contributed by atoms with Gasteiger partial charge < -0.3 is 10.3 Å². The summed E-state index contributed by atoms with van der Waals surface area (Å²) in [7, 11) is 0. The average molecular weight is 205 g/mol. The first kappa shape index (κ1) is 9.67. The second kappa shape index (κ2) is 4.10. The number of nitrogens with zero attached hydrogens (tertiary/aromatic N) is 1. The van der Waals surface area contributed by atoms with Gasteiger partial charge in [-0.25, -0.2) is 9.95 Å². The Morgan fingerprint density at radius 2 is 2.40 bits per heavy atom. The average Bonchev–Trinajstić information content (AvgIpc) is 2.63. The normalized spacial score (nSPS) is 10.5. The fourth-order valence-corrected chi connectivity index (χ4v) is 1.44. The van der Waals surface area contributed by atoms with E-state index in [2.05, 4.69) is 10.1 Å². The molecule has 0 saturated heterocycles. The molecular weight excluding hydrogens is 194 g/mol. The van der Waals surface area contributed by atoms with E-state index >= 15 is 0 Å². The Labute approximate surface area is 85.9 Å². The van der Waals surface area contributed by atoms with Crippen LogP contribution in [0.1, 0.15) is 5.56 Å². The predicted molar refractivity (Wildman–Crippen MR) is 55.3 cm³/mol. The summed E-state index contributed by atoms with van der Waals surface area (Å²) in [5.74, 6) is 0. The second-order valence-electron chi connectivity index (χ2n) is 3.13. The fourth-order valence-electron chi connectivity index (χ4n) is 1.44. The molecule has 0 aliphatic rings. The van der Waals surface area contributed by atoms with Gasteiger partial charge in [-0.3, -0.25) is 4.98 Å². The molecule has 2 heterocycles. The van der Waals surface area contributed by atoms with Crippen LogP contribution in [-0.4, -0.2) is 16.7 Å². The molecular formula is C10H11N3O2. The Bertz CT molecular complexity index is 487. The van der Waals surface area contributed by atoms with Gasteiger partial charge in [-0.2, -0.15) is 0 Å². The van der Waals surface area contributed by atoms with Gasteiger partial charge >= 0.3 is 5.63 Å². The SMILES string of the molecule is NCCc1c(-c2cccnc2)[nH]oc1=O. The first-order chi connectivity index (χ1) is 7.33. The predicted octanol–water partition coefficient (Wildman–Crippen LogP) is 0.531. The van der Waals surface area contributed by atoms with Crippen molar-refractivity contribution in [1.29, 1.82) is 0 Å². The first-order valence-corrected chi connectivity index (χ1v) is 4.63. The molecule has 0 saturated carbocycles. The van der Waals surface area contributed by atoms with E-state index < -0.39 is 0 Å². The van der Waals surface area contributed by atoms with Crippen molar-refractivity contribution in [2.45, 2.75) is 6.42 Å². The number of rotatable bonds is 3. The van der Waals surface area contributed by atoms with E-state index in [9.17, 15) is 4.79 Å². The molecule has 0 unspecified atom stereocenters.